The summed E-state index contributed by atoms with van der Waals surface area (Å²) in [6.07, 6.45) is 0.196. The number of ether oxygens (including phenoxy) is 1. The van der Waals surface area contributed by atoms with Crippen LogP contribution in [0.1, 0.15) is 31.9 Å². The third kappa shape index (κ3) is 6.19. The highest BCUT2D eigenvalue weighted by molar-refractivity contribution is 9.10. The smallest absolute Gasteiger partial charge is 0.276 e. The summed E-state index contributed by atoms with van der Waals surface area (Å²) in [6.45, 7) is 6.18. The summed E-state index contributed by atoms with van der Waals surface area (Å²) >= 11 is 3.46. The molecule has 0 aliphatic rings. The molecule has 0 aromatic heterocycles. The standard InChI is InChI=1S/C20H23BrN2O3/c1-20(2,3)15-9-10-17(16(21)12-15)26-13-19(25)23-22-18(24)11-14-7-5-4-6-8-14/h4-10,12H,11,13H2,1-3H3,(H,22,24)(H,23,25). The van der Waals surface area contributed by atoms with Crippen molar-refractivity contribution in [2.45, 2.75) is 32.6 Å². The van der Waals surface area contributed by atoms with E-state index in [1.54, 1.807) is 0 Å². The molecule has 0 aliphatic carbocycles. The van der Waals surface area contributed by atoms with Gasteiger partial charge in [0.1, 0.15) is 5.75 Å². The predicted octanol–water partition coefficient (Wildman–Crippen LogP) is 3.52. The van der Waals surface area contributed by atoms with Crippen molar-refractivity contribution in [1.82, 2.24) is 10.9 Å². The Morgan fingerprint density at radius 3 is 2.27 bits per heavy atom. The van der Waals surface area contributed by atoms with Gasteiger partial charge in [0.15, 0.2) is 6.61 Å². The number of carbonyl (C=O) groups excluding carboxylic acids is 2. The van der Waals surface area contributed by atoms with E-state index in [4.69, 9.17) is 4.74 Å². The van der Waals surface area contributed by atoms with Crippen molar-refractivity contribution in [3.63, 3.8) is 0 Å². The van der Waals surface area contributed by atoms with Crippen LogP contribution in [0.3, 0.4) is 0 Å². The van der Waals surface area contributed by atoms with E-state index in [1.165, 1.54) is 0 Å². The van der Waals surface area contributed by atoms with E-state index in [1.807, 2.05) is 48.5 Å². The lowest BCUT2D eigenvalue weighted by Gasteiger charge is -2.20. The normalized spacial score (nSPS) is 10.9. The van der Waals surface area contributed by atoms with E-state index < -0.39 is 5.91 Å². The summed E-state index contributed by atoms with van der Waals surface area (Å²) < 4.78 is 6.29. The molecule has 0 unspecified atom stereocenters. The quantitative estimate of drug-likeness (QED) is 0.729. The summed E-state index contributed by atoms with van der Waals surface area (Å²) in [4.78, 5) is 23.6. The second kappa shape index (κ2) is 8.85. The molecule has 0 radical (unpaired) electrons. The van der Waals surface area contributed by atoms with Crippen molar-refractivity contribution in [2.75, 3.05) is 6.61 Å². The van der Waals surface area contributed by atoms with Crippen LogP contribution < -0.4 is 15.6 Å². The fourth-order valence-electron chi connectivity index (χ4n) is 2.23. The van der Waals surface area contributed by atoms with E-state index in [-0.39, 0.29) is 24.3 Å². The first-order valence-electron chi connectivity index (χ1n) is 8.30. The molecule has 6 heteroatoms. The lowest BCUT2D eigenvalue weighted by atomic mass is 9.87. The summed E-state index contributed by atoms with van der Waals surface area (Å²) in [5.41, 5.74) is 6.79. The Labute approximate surface area is 162 Å². The molecule has 2 aromatic rings. The van der Waals surface area contributed by atoms with Crippen LogP contribution in [0.5, 0.6) is 5.75 Å². The zero-order chi connectivity index (χ0) is 19.2. The van der Waals surface area contributed by atoms with Gasteiger partial charge >= 0.3 is 0 Å². The Bertz CT molecular complexity index is 770. The fraction of sp³-hybridized carbons (Fsp3) is 0.300. The minimum Gasteiger partial charge on any atom is -0.483 e. The molecule has 0 aliphatic heterocycles. The molecule has 26 heavy (non-hydrogen) atoms. The maximum Gasteiger partial charge on any atom is 0.276 e. The number of nitrogens with one attached hydrogen (secondary N) is 2. The zero-order valence-electron chi connectivity index (χ0n) is 15.1. The van der Waals surface area contributed by atoms with Gasteiger partial charge in [0, 0.05) is 0 Å². The topological polar surface area (TPSA) is 67.4 Å². The monoisotopic (exact) mass is 418 g/mol. The molecule has 5 nitrogen and oxygen atoms in total. The van der Waals surface area contributed by atoms with Gasteiger partial charge in [0.2, 0.25) is 5.91 Å². The maximum atomic E-state index is 11.8. The minimum absolute atomic E-state index is 0.0292. The van der Waals surface area contributed by atoms with Crippen molar-refractivity contribution in [2.24, 2.45) is 0 Å². The zero-order valence-corrected chi connectivity index (χ0v) is 16.7. The van der Waals surface area contributed by atoms with Crippen LogP contribution in [-0.2, 0) is 21.4 Å². The predicted molar refractivity (Wildman–Crippen MR) is 105 cm³/mol. The molecule has 0 atom stereocenters. The molecule has 0 saturated carbocycles. The molecule has 2 N–H and O–H groups in total. The lowest BCUT2D eigenvalue weighted by Crippen LogP contribution is -2.44. The van der Waals surface area contributed by atoms with Crippen molar-refractivity contribution in [3.05, 3.63) is 64.1 Å². The average Bonchev–Trinajstić information content (AvgIpc) is 2.59. The van der Waals surface area contributed by atoms with Gasteiger partial charge in [0.05, 0.1) is 10.9 Å². The van der Waals surface area contributed by atoms with Gasteiger partial charge in [-0.2, -0.15) is 0 Å². The second-order valence-corrected chi connectivity index (χ2v) is 7.80. The van der Waals surface area contributed by atoms with Crippen LogP contribution in [0, 0.1) is 0 Å². The summed E-state index contributed by atoms with van der Waals surface area (Å²) in [7, 11) is 0. The van der Waals surface area contributed by atoms with Gasteiger partial charge in [-0.3, -0.25) is 20.4 Å². The van der Waals surface area contributed by atoms with Gasteiger partial charge in [-0.05, 0) is 44.6 Å². The number of halogens is 1. The molecule has 0 bridgehead atoms. The van der Waals surface area contributed by atoms with Crippen LogP contribution >= 0.6 is 15.9 Å². The molecule has 0 spiro atoms. The van der Waals surface area contributed by atoms with Crippen molar-refractivity contribution < 1.29 is 14.3 Å². The van der Waals surface area contributed by atoms with E-state index >= 15 is 0 Å². The van der Waals surface area contributed by atoms with Gasteiger partial charge in [-0.25, -0.2) is 0 Å². The first-order valence-corrected chi connectivity index (χ1v) is 9.09. The van der Waals surface area contributed by atoms with Crippen LogP contribution in [0.15, 0.2) is 53.0 Å². The minimum atomic E-state index is -0.432. The van der Waals surface area contributed by atoms with Gasteiger partial charge < -0.3 is 4.74 Å². The highest BCUT2D eigenvalue weighted by Gasteiger charge is 2.15. The number of benzene rings is 2. The van der Waals surface area contributed by atoms with Crippen LogP contribution in [0.4, 0.5) is 0 Å². The van der Waals surface area contributed by atoms with Gasteiger partial charge in [0.25, 0.3) is 5.91 Å². The third-order valence-electron chi connectivity index (χ3n) is 3.71. The summed E-state index contributed by atoms with van der Waals surface area (Å²) in [5.74, 6) is -0.151. The molecular formula is C20H23BrN2O3. The Balaban J connectivity index is 1.79. The average molecular weight is 419 g/mol. The lowest BCUT2D eigenvalue weighted by molar-refractivity contribution is -0.129. The van der Waals surface area contributed by atoms with E-state index in [9.17, 15) is 9.59 Å². The highest BCUT2D eigenvalue weighted by Crippen LogP contribution is 2.31. The molecule has 2 aromatic carbocycles. The van der Waals surface area contributed by atoms with Crippen molar-refractivity contribution in [3.8, 4) is 5.75 Å². The number of hydrogen-bond donors (Lipinski definition) is 2. The number of amides is 2. The van der Waals surface area contributed by atoms with E-state index in [0.29, 0.717) is 5.75 Å². The Kier molecular flexibility index (Phi) is 6.80. The Morgan fingerprint density at radius 2 is 1.65 bits per heavy atom. The first-order chi connectivity index (χ1) is 12.3. The van der Waals surface area contributed by atoms with Crippen LogP contribution in [-0.4, -0.2) is 18.4 Å². The first kappa shape index (κ1) is 20.0. The van der Waals surface area contributed by atoms with Crippen molar-refractivity contribution >= 4 is 27.7 Å². The van der Waals surface area contributed by atoms with Gasteiger partial charge in [-0.15, -0.1) is 0 Å². The molecule has 0 saturated heterocycles. The molecule has 0 heterocycles. The molecule has 0 fully saturated rings. The third-order valence-corrected chi connectivity index (χ3v) is 4.33. The van der Waals surface area contributed by atoms with Gasteiger partial charge in [-0.1, -0.05) is 57.2 Å². The maximum absolute atomic E-state index is 11.8. The second-order valence-electron chi connectivity index (χ2n) is 6.94. The largest absolute Gasteiger partial charge is 0.483 e. The fourth-order valence-corrected chi connectivity index (χ4v) is 2.72. The molecule has 2 rings (SSSR count). The number of hydrogen-bond acceptors (Lipinski definition) is 3. The SMILES string of the molecule is CC(C)(C)c1ccc(OCC(=O)NNC(=O)Cc2ccccc2)c(Br)c1. The van der Waals surface area contributed by atoms with E-state index in [0.717, 1.165) is 15.6 Å². The van der Waals surface area contributed by atoms with Crippen molar-refractivity contribution in [1.29, 1.82) is 0 Å². The highest BCUT2D eigenvalue weighted by atomic mass is 79.9. The Morgan fingerprint density at radius 1 is 1.00 bits per heavy atom. The Hall–Kier alpha value is -2.34. The molecule has 2 amide bonds. The summed E-state index contributed by atoms with van der Waals surface area (Å²) in [5, 5.41) is 0. The van der Waals surface area contributed by atoms with Crippen LogP contribution in [0.2, 0.25) is 0 Å². The molecule has 138 valence electrons. The van der Waals surface area contributed by atoms with Crippen LogP contribution in [0.25, 0.3) is 0 Å². The summed E-state index contributed by atoms with van der Waals surface area (Å²) in [6, 6.07) is 15.1. The number of hydrazine groups is 1. The number of rotatable bonds is 5. The number of carbonyl (C=O) groups is 2. The molecular weight excluding hydrogens is 396 g/mol. The van der Waals surface area contributed by atoms with E-state index in [2.05, 4.69) is 47.6 Å².